The lowest BCUT2D eigenvalue weighted by Gasteiger charge is -2.28. The molecule has 2 nitrogen and oxygen atoms in total. The zero-order valence-corrected chi connectivity index (χ0v) is 13.3. The minimum atomic E-state index is -0.565. The molecule has 0 heterocycles. The van der Waals surface area contributed by atoms with Crippen molar-refractivity contribution in [3.63, 3.8) is 0 Å². The van der Waals surface area contributed by atoms with Gasteiger partial charge in [-0.05, 0) is 30.8 Å². The minimum absolute atomic E-state index is 0.0227. The summed E-state index contributed by atoms with van der Waals surface area (Å²) in [6.07, 6.45) is 0. The summed E-state index contributed by atoms with van der Waals surface area (Å²) in [5.74, 6) is -1.13. The van der Waals surface area contributed by atoms with Crippen molar-refractivity contribution in [3.8, 4) is 0 Å². The first-order valence-corrected chi connectivity index (χ1v) is 7.41. The molecule has 0 saturated heterocycles. The maximum Gasteiger partial charge on any atom is 0.130 e. The molecule has 2 aromatic carbocycles. The maximum atomic E-state index is 13.9. The smallest absolute Gasteiger partial charge is 0.130 e. The van der Waals surface area contributed by atoms with Crippen molar-refractivity contribution in [1.82, 2.24) is 4.90 Å². The maximum absolute atomic E-state index is 13.9. The predicted molar refractivity (Wildman–Crippen MR) is 83.8 cm³/mol. The number of hydrogen-bond donors (Lipinski definition) is 1. The van der Waals surface area contributed by atoms with E-state index in [1.807, 2.05) is 36.2 Å². The van der Waals surface area contributed by atoms with Crippen molar-refractivity contribution in [2.45, 2.75) is 12.6 Å². The molecule has 0 radical (unpaired) electrons. The van der Waals surface area contributed by atoms with Gasteiger partial charge in [-0.2, -0.15) is 0 Å². The Balaban J connectivity index is 2.27. The fraction of sp³-hybridized carbons (Fsp3) is 0.250. The fourth-order valence-electron chi connectivity index (χ4n) is 2.35. The van der Waals surface area contributed by atoms with Gasteiger partial charge in [-0.15, -0.1) is 0 Å². The van der Waals surface area contributed by atoms with Gasteiger partial charge >= 0.3 is 0 Å². The van der Waals surface area contributed by atoms with Crippen LogP contribution in [0.15, 0.2) is 46.9 Å². The average Bonchev–Trinajstić information content (AvgIpc) is 2.45. The second kappa shape index (κ2) is 7.11. The minimum Gasteiger partial charge on any atom is -0.329 e. The van der Waals surface area contributed by atoms with Crippen LogP contribution in [-0.4, -0.2) is 18.5 Å². The first-order valence-electron chi connectivity index (χ1n) is 6.62. The molecular formula is C16H17BrF2N2. The largest absolute Gasteiger partial charge is 0.329 e. The molecule has 0 aliphatic carbocycles. The lowest BCUT2D eigenvalue weighted by atomic mass is 10.0. The summed E-state index contributed by atoms with van der Waals surface area (Å²) < 4.78 is 28.8. The van der Waals surface area contributed by atoms with Gasteiger partial charge < -0.3 is 5.73 Å². The van der Waals surface area contributed by atoms with Gasteiger partial charge in [0.2, 0.25) is 0 Å². The van der Waals surface area contributed by atoms with Gasteiger partial charge in [-0.1, -0.05) is 40.2 Å². The molecule has 21 heavy (non-hydrogen) atoms. The summed E-state index contributed by atoms with van der Waals surface area (Å²) in [5, 5.41) is 0. The van der Waals surface area contributed by atoms with E-state index in [9.17, 15) is 8.78 Å². The van der Waals surface area contributed by atoms with E-state index < -0.39 is 17.7 Å². The Labute approximate surface area is 131 Å². The van der Waals surface area contributed by atoms with Gasteiger partial charge in [0.25, 0.3) is 0 Å². The van der Waals surface area contributed by atoms with Gasteiger partial charge in [0, 0.05) is 23.1 Å². The van der Waals surface area contributed by atoms with Crippen molar-refractivity contribution in [1.29, 1.82) is 0 Å². The summed E-state index contributed by atoms with van der Waals surface area (Å²) in [6, 6.07) is 11.1. The Kier molecular flexibility index (Phi) is 5.45. The van der Waals surface area contributed by atoms with Crippen molar-refractivity contribution in [2.24, 2.45) is 5.73 Å². The molecule has 5 heteroatoms. The number of nitrogens with two attached hydrogens (primary N) is 1. The van der Waals surface area contributed by atoms with Crippen LogP contribution in [0, 0.1) is 11.6 Å². The number of halogens is 3. The monoisotopic (exact) mass is 354 g/mol. The van der Waals surface area contributed by atoms with Gasteiger partial charge in [-0.25, -0.2) is 8.78 Å². The van der Waals surface area contributed by atoms with E-state index in [0.717, 1.165) is 10.0 Å². The van der Waals surface area contributed by atoms with Gasteiger partial charge in [0.15, 0.2) is 0 Å². The van der Waals surface area contributed by atoms with Gasteiger partial charge in [0.05, 0.1) is 6.04 Å². The van der Waals surface area contributed by atoms with Crippen LogP contribution in [0.1, 0.15) is 17.2 Å². The molecule has 0 amide bonds. The van der Waals surface area contributed by atoms with E-state index in [1.165, 1.54) is 18.2 Å². The van der Waals surface area contributed by atoms with Crippen LogP contribution in [0.25, 0.3) is 0 Å². The highest BCUT2D eigenvalue weighted by atomic mass is 79.9. The highest BCUT2D eigenvalue weighted by Crippen LogP contribution is 2.27. The van der Waals surface area contributed by atoms with E-state index in [-0.39, 0.29) is 12.1 Å². The highest BCUT2D eigenvalue weighted by molar-refractivity contribution is 9.10. The van der Waals surface area contributed by atoms with E-state index in [1.54, 1.807) is 0 Å². The molecule has 0 aromatic heterocycles. The van der Waals surface area contributed by atoms with Crippen LogP contribution < -0.4 is 5.73 Å². The van der Waals surface area contributed by atoms with Gasteiger partial charge in [-0.3, -0.25) is 4.90 Å². The Morgan fingerprint density at radius 1 is 1.10 bits per heavy atom. The van der Waals surface area contributed by atoms with Crippen molar-refractivity contribution < 1.29 is 8.78 Å². The summed E-state index contributed by atoms with van der Waals surface area (Å²) >= 11 is 3.47. The van der Waals surface area contributed by atoms with Crippen molar-refractivity contribution in [3.05, 3.63) is 69.7 Å². The summed E-state index contributed by atoms with van der Waals surface area (Å²) in [6.45, 7) is 0.676. The molecule has 2 N–H and O–H groups in total. The van der Waals surface area contributed by atoms with Crippen molar-refractivity contribution in [2.75, 3.05) is 13.6 Å². The van der Waals surface area contributed by atoms with Crippen LogP contribution in [0.2, 0.25) is 0 Å². The third-order valence-electron chi connectivity index (χ3n) is 3.47. The first kappa shape index (κ1) is 16.1. The number of rotatable bonds is 5. The molecule has 1 unspecified atom stereocenters. The predicted octanol–water partition coefficient (Wildman–Crippen LogP) is 3.86. The van der Waals surface area contributed by atoms with Gasteiger partial charge in [0.1, 0.15) is 11.6 Å². The number of nitrogens with zero attached hydrogens (tertiary/aromatic N) is 1. The van der Waals surface area contributed by atoms with Crippen LogP contribution in [0.4, 0.5) is 8.78 Å². The Bertz CT molecular complexity index is 599. The lowest BCUT2D eigenvalue weighted by Crippen LogP contribution is -2.31. The summed E-state index contributed by atoms with van der Waals surface area (Å²) in [7, 11) is 1.81. The molecular weight excluding hydrogens is 338 g/mol. The third-order valence-corrected chi connectivity index (χ3v) is 4.24. The molecule has 112 valence electrons. The van der Waals surface area contributed by atoms with E-state index in [2.05, 4.69) is 15.9 Å². The molecule has 0 saturated carbocycles. The molecule has 0 fully saturated rings. The molecule has 0 aliphatic rings. The second-order valence-corrected chi connectivity index (χ2v) is 5.75. The SMILES string of the molecule is CN(Cc1ccccc1Br)C(CN)c1c(F)cccc1F. The number of benzene rings is 2. The normalized spacial score (nSPS) is 12.7. The van der Waals surface area contributed by atoms with Crippen LogP contribution in [0.5, 0.6) is 0 Å². The first-order chi connectivity index (χ1) is 10.0. The summed E-state index contributed by atoms with van der Waals surface area (Å²) in [5.41, 5.74) is 6.81. The van der Waals surface area contributed by atoms with Crippen LogP contribution in [-0.2, 0) is 6.54 Å². The molecule has 0 aliphatic heterocycles. The number of likely N-dealkylation sites (N-methyl/N-ethyl adjacent to an activating group) is 1. The zero-order valence-electron chi connectivity index (χ0n) is 11.7. The summed E-state index contributed by atoms with van der Waals surface area (Å²) in [4.78, 5) is 1.85. The van der Waals surface area contributed by atoms with E-state index in [0.29, 0.717) is 6.54 Å². The zero-order chi connectivity index (χ0) is 15.4. The third kappa shape index (κ3) is 3.67. The lowest BCUT2D eigenvalue weighted by molar-refractivity contribution is 0.230. The van der Waals surface area contributed by atoms with Crippen LogP contribution >= 0.6 is 15.9 Å². The molecule has 0 bridgehead atoms. The quantitative estimate of drug-likeness (QED) is 0.883. The topological polar surface area (TPSA) is 29.3 Å². The van der Waals surface area contributed by atoms with Crippen LogP contribution in [0.3, 0.4) is 0 Å². The molecule has 1 atom stereocenters. The Hall–Kier alpha value is -1.30. The molecule has 2 rings (SSSR count). The fourth-order valence-corrected chi connectivity index (χ4v) is 2.76. The molecule has 0 spiro atoms. The standard InChI is InChI=1S/C16H17BrF2N2/c1-21(10-11-5-2-3-6-12(11)17)15(9-20)16-13(18)7-4-8-14(16)19/h2-8,15H,9-10,20H2,1H3. The number of hydrogen-bond acceptors (Lipinski definition) is 2. The van der Waals surface area contributed by atoms with Crippen molar-refractivity contribution >= 4 is 15.9 Å². The highest BCUT2D eigenvalue weighted by Gasteiger charge is 2.23. The second-order valence-electron chi connectivity index (χ2n) is 4.89. The average molecular weight is 355 g/mol. The molecule has 2 aromatic rings. The Morgan fingerprint density at radius 3 is 2.29 bits per heavy atom. The Morgan fingerprint density at radius 2 is 1.71 bits per heavy atom. The van der Waals surface area contributed by atoms with E-state index in [4.69, 9.17) is 5.73 Å². The van der Waals surface area contributed by atoms with E-state index >= 15 is 0 Å².